The van der Waals surface area contributed by atoms with E-state index in [-0.39, 0.29) is 0 Å². The molecule has 0 aromatic carbocycles. The molecule has 3 N–H and O–H groups in total. The predicted molar refractivity (Wildman–Crippen MR) is 62.3 cm³/mol. The van der Waals surface area contributed by atoms with Gasteiger partial charge in [0.05, 0.1) is 15.9 Å². The molecule has 2 aromatic rings. The number of halogens is 1. The van der Waals surface area contributed by atoms with Gasteiger partial charge in [-0.05, 0) is 34.6 Å². The Hall–Kier alpha value is -1.20. The van der Waals surface area contributed by atoms with Crippen LogP contribution in [0.15, 0.2) is 28.9 Å². The molecule has 0 saturated carbocycles. The van der Waals surface area contributed by atoms with E-state index < -0.39 is 0 Å². The fourth-order valence-corrected chi connectivity index (χ4v) is 1.93. The lowest BCUT2D eigenvalue weighted by atomic mass is 10.2. The molecule has 0 unspecified atom stereocenters. The molecular formula is C10H11BrN4. The minimum absolute atomic E-state index is 0.600. The molecule has 5 heteroatoms. The first-order chi connectivity index (χ1) is 7.33. The van der Waals surface area contributed by atoms with Crippen molar-refractivity contribution in [2.24, 2.45) is 5.73 Å². The van der Waals surface area contributed by atoms with Crippen LogP contribution in [-0.4, -0.2) is 21.7 Å². The molecule has 15 heavy (non-hydrogen) atoms. The van der Waals surface area contributed by atoms with E-state index in [2.05, 4.69) is 31.1 Å². The third kappa shape index (κ3) is 2.08. The number of nitrogens with one attached hydrogen (secondary N) is 1. The minimum atomic E-state index is 0.600. The van der Waals surface area contributed by atoms with Gasteiger partial charge >= 0.3 is 0 Å². The maximum atomic E-state index is 5.49. The zero-order chi connectivity index (χ0) is 10.7. The Morgan fingerprint density at radius 2 is 2.27 bits per heavy atom. The number of rotatable bonds is 3. The number of pyridine rings is 1. The lowest BCUT2D eigenvalue weighted by Crippen LogP contribution is -2.03. The molecule has 0 radical (unpaired) electrons. The Morgan fingerprint density at radius 3 is 2.93 bits per heavy atom. The van der Waals surface area contributed by atoms with Crippen LogP contribution in [0.25, 0.3) is 11.4 Å². The molecule has 0 fully saturated rings. The molecule has 4 nitrogen and oxygen atoms in total. The zero-order valence-electron chi connectivity index (χ0n) is 8.07. The maximum absolute atomic E-state index is 5.49. The Bertz CT molecular complexity index is 438. The van der Waals surface area contributed by atoms with Crippen LogP contribution in [0.1, 0.15) is 5.69 Å². The summed E-state index contributed by atoms with van der Waals surface area (Å²) in [7, 11) is 0. The monoisotopic (exact) mass is 266 g/mol. The van der Waals surface area contributed by atoms with Crippen LogP contribution in [0.4, 0.5) is 0 Å². The van der Waals surface area contributed by atoms with Gasteiger partial charge in [0.25, 0.3) is 0 Å². The Morgan fingerprint density at radius 1 is 1.40 bits per heavy atom. The molecular weight excluding hydrogens is 256 g/mol. The van der Waals surface area contributed by atoms with Gasteiger partial charge in [-0.15, -0.1) is 0 Å². The molecule has 78 valence electrons. The lowest BCUT2D eigenvalue weighted by molar-refractivity contribution is 0.898. The highest BCUT2D eigenvalue weighted by molar-refractivity contribution is 9.10. The predicted octanol–water partition coefficient (Wildman–Crippen LogP) is 1.74. The molecule has 0 aliphatic heterocycles. The van der Waals surface area contributed by atoms with Crippen LogP contribution in [0.2, 0.25) is 0 Å². The summed E-state index contributed by atoms with van der Waals surface area (Å²) < 4.78 is 0.951. The molecule has 0 saturated heterocycles. The average Bonchev–Trinajstić information content (AvgIpc) is 2.63. The van der Waals surface area contributed by atoms with E-state index >= 15 is 0 Å². The van der Waals surface area contributed by atoms with Crippen LogP contribution in [0.5, 0.6) is 0 Å². The second-order valence-corrected chi connectivity index (χ2v) is 3.91. The van der Waals surface area contributed by atoms with E-state index in [1.54, 1.807) is 6.20 Å². The number of H-pyrrole nitrogens is 1. The number of hydrogen-bond acceptors (Lipinski definition) is 3. The van der Waals surface area contributed by atoms with Crippen molar-refractivity contribution in [1.29, 1.82) is 0 Å². The van der Waals surface area contributed by atoms with E-state index in [1.165, 1.54) is 0 Å². The molecule has 2 heterocycles. The van der Waals surface area contributed by atoms with Crippen molar-refractivity contribution in [2.75, 3.05) is 6.54 Å². The van der Waals surface area contributed by atoms with E-state index in [0.717, 1.165) is 28.0 Å². The zero-order valence-corrected chi connectivity index (χ0v) is 9.66. The normalized spacial score (nSPS) is 10.5. The second kappa shape index (κ2) is 4.55. The van der Waals surface area contributed by atoms with Gasteiger partial charge in [0.15, 0.2) is 0 Å². The van der Waals surface area contributed by atoms with Crippen molar-refractivity contribution in [1.82, 2.24) is 15.2 Å². The summed E-state index contributed by atoms with van der Waals surface area (Å²) in [6, 6.07) is 5.74. The van der Waals surface area contributed by atoms with Crippen molar-refractivity contribution < 1.29 is 0 Å². The third-order valence-corrected chi connectivity index (χ3v) is 2.93. The van der Waals surface area contributed by atoms with Crippen molar-refractivity contribution in [3.05, 3.63) is 34.6 Å². The molecule has 0 aliphatic carbocycles. The highest BCUT2D eigenvalue weighted by Gasteiger charge is 2.11. The first-order valence-corrected chi connectivity index (χ1v) is 5.46. The minimum Gasteiger partial charge on any atom is -0.330 e. The van der Waals surface area contributed by atoms with E-state index in [9.17, 15) is 0 Å². The number of hydrogen-bond donors (Lipinski definition) is 2. The average molecular weight is 267 g/mol. The summed E-state index contributed by atoms with van der Waals surface area (Å²) in [5.41, 5.74) is 8.19. The SMILES string of the molecule is NCCc1[nH]nc(-c2ccccn2)c1Br. The molecule has 0 amide bonds. The lowest BCUT2D eigenvalue weighted by Gasteiger charge is -1.96. The van der Waals surface area contributed by atoms with Crippen LogP contribution in [0, 0.1) is 0 Å². The number of nitrogens with two attached hydrogens (primary N) is 1. The van der Waals surface area contributed by atoms with Gasteiger partial charge in [0.1, 0.15) is 5.69 Å². The standard InChI is InChI=1S/C10H11BrN4/c11-9-7(4-5-12)14-15-10(9)8-3-1-2-6-13-8/h1-3,6H,4-5,12H2,(H,14,15). The second-order valence-electron chi connectivity index (χ2n) is 3.12. The highest BCUT2D eigenvalue weighted by atomic mass is 79.9. The van der Waals surface area contributed by atoms with Crippen molar-refractivity contribution in [3.63, 3.8) is 0 Å². The van der Waals surface area contributed by atoms with Crippen molar-refractivity contribution in [2.45, 2.75) is 6.42 Å². The fraction of sp³-hybridized carbons (Fsp3) is 0.200. The summed E-state index contributed by atoms with van der Waals surface area (Å²) in [6.07, 6.45) is 2.53. The summed E-state index contributed by atoms with van der Waals surface area (Å²) in [5.74, 6) is 0. The molecule has 0 aliphatic rings. The Balaban J connectivity index is 2.38. The van der Waals surface area contributed by atoms with Crippen LogP contribution >= 0.6 is 15.9 Å². The van der Waals surface area contributed by atoms with E-state index in [4.69, 9.17) is 5.73 Å². The Labute approximate surface area is 96.0 Å². The first-order valence-electron chi connectivity index (χ1n) is 4.67. The summed E-state index contributed by atoms with van der Waals surface area (Å²) in [5, 5.41) is 7.17. The molecule has 2 aromatic heterocycles. The van der Waals surface area contributed by atoms with E-state index in [0.29, 0.717) is 6.54 Å². The first kappa shape index (κ1) is 10.3. The van der Waals surface area contributed by atoms with Crippen LogP contribution < -0.4 is 5.73 Å². The van der Waals surface area contributed by atoms with Crippen molar-refractivity contribution >= 4 is 15.9 Å². The van der Waals surface area contributed by atoms with Crippen molar-refractivity contribution in [3.8, 4) is 11.4 Å². The molecule has 0 bridgehead atoms. The van der Waals surface area contributed by atoms with Crippen LogP contribution in [-0.2, 0) is 6.42 Å². The van der Waals surface area contributed by atoms with Gasteiger partial charge in [-0.3, -0.25) is 10.1 Å². The Kier molecular flexibility index (Phi) is 3.13. The van der Waals surface area contributed by atoms with Gasteiger partial charge in [-0.1, -0.05) is 6.07 Å². The summed E-state index contributed by atoms with van der Waals surface area (Å²) in [6.45, 7) is 0.600. The molecule has 2 rings (SSSR count). The topological polar surface area (TPSA) is 67.6 Å². The molecule has 0 atom stereocenters. The highest BCUT2D eigenvalue weighted by Crippen LogP contribution is 2.27. The maximum Gasteiger partial charge on any atom is 0.125 e. The van der Waals surface area contributed by atoms with Gasteiger partial charge in [-0.2, -0.15) is 5.10 Å². The number of aromatic amines is 1. The third-order valence-electron chi connectivity index (χ3n) is 2.08. The smallest absolute Gasteiger partial charge is 0.125 e. The van der Waals surface area contributed by atoms with Gasteiger partial charge in [-0.25, -0.2) is 0 Å². The summed E-state index contributed by atoms with van der Waals surface area (Å²) >= 11 is 3.50. The largest absolute Gasteiger partial charge is 0.330 e. The van der Waals surface area contributed by atoms with Gasteiger partial charge < -0.3 is 5.73 Å². The van der Waals surface area contributed by atoms with Crippen LogP contribution in [0.3, 0.4) is 0 Å². The van der Waals surface area contributed by atoms with Gasteiger partial charge in [0.2, 0.25) is 0 Å². The molecule has 0 spiro atoms. The van der Waals surface area contributed by atoms with E-state index in [1.807, 2.05) is 18.2 Å². The number of aromatic nitrogens is 3. The quantitative estimate of drug-likeness (QED) is 0.890. The van der Waals surface area contributed by atoms with Gasteiger partial charge in [0, 0.05) is 12.6 Å². The number of nitrogens with zero attached hydrogens (tertiary/aromatic N) is 2. The fourth-order valence-electron chi connectivity index (χ4n) is 1.35. The summed E-state index contributed by atoms with van der Waals surface area (Å²) in [4.78, 5) is 4.24.